The average molecular weight is 236 g/mol. The summed E-state index contributed by atoms with van der Waals surface area (Å²) in [6.45, 7) is 1.92. The van der Waals surface area contributed by atoms with E-state index < -0.39 is 5.51 Å². The van der Waals surface area contributed by atoms with Gasteiger partial charge in [-0.15, -0.1) is 0 Å². The maximum atomic E-state index is 12.1. The smallest absolute Gasteiger partial charge is 0.323 e. The van der Waals surface area contributed by atoms with E-state index in [1.165, 1.54) is 6.07 Å². The largest absolute Gasteiger partial charge is 0.446 e. The molecule has 0 amide bonds. The van der Waals surface area contributed by atoms with Gasteiger partial charge in [0.1, 0.15) is 0 Å². The molecule has 0 aliphatic carbocycles. The summed E-state index contributed by atoms with van der Waals surface area (Å²) >= 11 is -0.171. The molecule has 0 fully saturated rings. The summed E-state index contributed by atoms with van der Waals surface area (Å²) in [4.78, 5) is 0.0854. The Balaban J connectivity index is 2.97. The van der Waals surface area contributed by atoms with Crippen LogP contribution in [0.15, 0.2) is 23.1 Å². The molecule has 1 aromatic rings. The predicted octanol–water partition coefficient (Wildman–Crippen LogP) is 3.15. The molecule has 0 bridgehead atoms. The summed E-state index contributed by atoms with van der Waals surface area (Å²) in [6, 6.07) is 4.70. The van der Waals surface area contributed by atoms with Crippen molar-refractivity contribution in [1.29, 1.82) is 0 Å². The molecule has 15 heavy (non-hydrogen) atoms. The molecule has 1 aromatic carbocycles. The van der Waals surface area contributed by atoms with Crippen molar-refractivity contribution in [3.8, 4) is 0 Å². The van der Waals surface area contributed by atoms with Gasteiger partial charge in [-0.2, -0.15) is 13.2 Å². The molecule has 2 nitrogen and oxygen atoms in total. The van der Waals surface area contributed by atoms with E-state index in [0.29, 0.717) is 5.69 Å². The van der Waals surface area contributed by atoms with Gasteiger partial charge in [0.15, 0.2) is 0 Å². The Morgan fingerprint density at radius 3 is 2.53 bits per heavy atom. The molecule has 84 valence electrons. The van der Waals surface area contributed by atoms with E-state index in [4.69, 9.17) is 5.84 Å². The van der Waals surface area contributed by atoms with Crippen molar-refractivity contribution in [2.75, 3.05) is 5.43 Å². The number of benzene rings is 1. The number of thioether (sulfide) groups is 1. The van der Waals surface area contributed by atoms with Crippen LogP contribution in [0, 0.1) is 0 Å². The van der Waals surface area contributed by atoms with Crippen LogP contribution in [0.2, 0.25) is 0 Å². The van der Waals surface area contributed by atoms with E-state index in [1.54, 1.807) is 12.1 Å². The number of halogens is 3. The monoisotopic (exact) mass is 236 g/mol. The summed E-state index contributed by atoms with van der Waals surface area (Å²) in [7, 11) is 0. The lowest BCUT2D eigenvalue weighted by Gasteiger charge is -2.11. The third-order valence-corrected chi connectivity index (χ3v) is 2.64. The fourth-order valence-corrected chi connectivity index (χ4v) is 1.74. The zero-order valence-electron chi connectivity index (χ0n) is 8.06. The van der Waals surface area contributed by atoms with Crippen LogP contribution in [0.3, 0.4) is 0 Å². The highest BCUT2D eigenvalue weighted by molar-refractivity contribution is 8.00. The molecule has 1 rings (SSSR count). The Kier molecular flexibility index (Phi) is 3.87. The predicted molar refractivity (Wildman–Crippen MR) is 55.5 cm³/mol. The SMILES string of the molecule is CCc1ccc(SC(F)(F)F)c(NN)c1. The van der Waals surface area contributed by atoms with Crippen LogP contribution < -0.4 is 11.3 Å². The molecule has 0 unspecified atom stereocenters. The second-order valence-electron chi connectivity index (χ2n) is 2.88. The summed E-state index contributed by atoms with van der Waals surface area (Å²) in [5.41, 5.74) is -0.778. The molecule has 0 atom stereocenters. The molecule has 0 aliphatic heterocycles. The molecular formula is C9H11F3N2S. The topological polar surface area (TPSA) is 38.0 Å². The molecule has 0 spiro atoms. The van der Waals surface area contributed by atoms with E-state index in [9.17, 15) is 13.2 Å². The number of nitrogen functional groups attached to an aromatic ring is 1. The van der Waals surface area contributed by atoms with Crippen molar-refractivity contribution in [3.05, 3.63) is 23.8 Å². The standard InChI is InChI=1S/C9H11F3N2S/c1-2-6-3-4-8(7(5-6)14-13)15-9(10,11)12/h3-5,14H,2,13H2,1H3. The zero-order chi connectivity index (χ0) is 11.5. The van der Waals surface area contributed by atoms with Gasteiger partial charge in [-0.3, -0.25) is 5.84 Å². The molecule has 0 saturated carbocycles. The van der Waals surface area contributed by atoms with Gasteiger partial charge in [0.05, 0.1) is 5.69 Å². The van der Waals surface area contributed by atoms with Crippen LogP contribution in [0.5, 0.6) is 0 Å². The Hall–Kier alpha value is -0.880. The molecule has 0 radical (unpaired) electrons. The number of anilines is 1. The Morgan fingerprint density at radius 2 is 2.07 bits per heavy atom. The second-order valence-corrected chi connectivity index (χ2v) is 3.98. The number of aryl methyl sites for hydroxylation is 1. The van der Waals surface area contributed by atoms with Gasteiger partial charge in [-0.25, -0.2) is 0 Å². The molecule has 3 N–H and O–H groups in total. The first-order chi connectivity index (χ1) is 6.96. The lowest BCUT2D eigenvalue weighted by Crippen LogP contribution is -2.09. The number of alkyl halides is 3. The highest BCUT2D eigenvalue weighted by Crippen LogP contribution is 2.40. The molecule has 0 aliphatic rings. The second kappa shape index (κ2) is 4.76. The van der Waals surface area contributed by atoms with Crippen LogP contribution in [0.25, 0.3) is 0 Å². The van der Waals surface area contributed by atoms with Crippen molar-refractivity contribution >= 4 is 17.4 Å². The van der Waals surface area contributed by atoms with Gasteiger partial charge in [-0.05, 0) is 35.9 Å². The first-order valence-corrected chi connectivity index (χ1v) is 5.13. The van der Waals surface area contributed by atoms with Crippen molar-refractivity contribution < 1.29 is 13.2 Å². The minimum absolute atomic E-state index is 0.0854. The minimum Gasteiger partial charge on any atom is -0.323 e. The third kappa shape index (κ3) is 3.64. The van der Waals surface area contributed by atoms with Crippen molar-refractivity contribution in [2.24, 2.45) is 5.84 Å². The van der Waals surface area contributed by atoms with Gasteiger partial charge >= 0.3 is 5.51 Å². The normalized spacial score (nSPS) is 11.5. The van der Waals surface area contributed by atoms with Crippen molar-refractivity contribution in [2.45, 2.75) is 23.7 Å². The highest BCUT2D eigenvalue weighted by atomic mass is 32.2. The van der Waals surface area contributed by atoms with E-state index in [2.05, 4.69) is 5.43 Å². The first kappa shape index (κ1) is 12.2. The van der Waals surface area contributed by atoms with Gasteiger partial charge in [0, 0.05) is 4.90 Å². The van der Waals surface area contributed by atoms with Gasteiger partial charge in [0.2, 0.25) is 0 Å². The average Bonchev–Trinajstić information content (AvgIpc) is 2.16. The van der Waals surface area contributed by atoms with E-state index in [0.717, 1.165) is 12.0 Å². The van der Waals surface area contributed by atoms with E-state index >= 15 is 0 Å². The third-order valence-electron chi connectivity index (χ3n) is 1.83. The Bertz CT molecular complexity index is 339. The van der Waals surface area contributed by atoms with Crippen LogP contribution in [-0.2, 0) is 6.42 Å². The number of hydrogen-bond donors (Lipinski definition) is 2. The van der Waals surface area contributed by atoms with Crippen LogP contribution in [0.4, 0.5) is 18.9 Å². The van der Waals surface area contributed by atoms with E-state index in [1.807, 2.05) is 6.92 Å². The Morgan fingerprint density at radius 1 is 1.40 bits per heavy atom. The van der Waals surface area contributed by atoms with Crippen molar-refractivity contribution in [3.63, 3.8) is 0 Å². The number of hydrogen-bond acceptors (Lipinski definition) is 3. The molecule has 0 heterocycles. The van der Waals surface area contributed by atoms with Gasteiger partial charge in [0.25, 0.3) is 0 Å². The van der Waals surface area contributed by atoms with E-state index in [-0.39, 0.29) is 16.7 Å². The maximum Gasteiger partial charge on any atom is 0.446 e. The van der Waals surface area contributed by atoms with Crippen LogP contribution in [0.1, 0.15) is 12.5 Å². The lowest BCUT2D eigenvalue weighted by molar-refractivity contribution is -0.0327. The number of rotatable bonds is 3. The molecular weight excluding hydrogens is 225 g/mol. The fraction of sp³-hybridized carbons (Fsp3) is 0.333. The number of nitrogens with one attached hydrogen (secondary N) is 1. The zero-order valence-corrected chi connectivity index (χ0v) is 8.88. The Labute approximate surface area is 90.0 Å². The quantitative estimate of drug-likeness (QED) is 0.481. The number of hydrazine groups is 1. The summed E-state index contributed by atoms with van der Waals surface area (Å²) in [5.74, 6) is 5.16. The summed E-state index contributed by atoms with van der Waals surface area (Å²) in [5, 5.41) is 0. The first-order valence-electron chi connectivity index (χ1n) is 4.31. The summed E-state index contributed by atoms with van der Waals surface area (Å²) in [6.07, 6.45) is 0.756. The van der Waals surface area contributed by atoms with Crippen molar-refractivity contribution in [1.82, 2.24) is 0 Å². The molecule has 6 heteroatoms. The maximum absolute atomic E-state index is 12.1. The van der Waals surface area contributed by atoms with Crippen LogP contribution >= 0.6 is 11.8 Å². The summed E-state index contributed by atoms with van der Waals surface area (Å²) < 4.78 is 36.4. The highest BCUT2D eigenvalue weighted by Gasteiger charge is 2.30. The number of nitrogens with two attached hydrogens (primary N) is 1. The lowest BCUT2D eigenvalue weighted by atomic mass is 10.1. The molecule has 0 saturated heterocycles. The minimum atomic E-state index is -4.29. The molecule has 0 aromatic heterocycles. The fourth-order valence-electron chi connectivity index (χ4n) is 1.12. The van der Waals surface area contributed by atoms with Gasteiger partial charge < -0.3 is 5.43 Å². The van der Waals surface area contributed by atoms with Gasteiger partial charge in [-0.1, -0.05) is 13.0 Å². The van der Waals surface area contributed by atoms with Crippen LogP contribution in [-0.4, -0.2) is 5.51 Å².